The second-order valence-corrected chi connectivity index (χ2v) is 4.46. The SMILES string of the molecule is O=C1c2ccccc2SC1n1ccnc1. The first kappa shape index (κ1) is 8.73. The van der Waals surface area contributed by atoms with E-state index in [0.717, 1.165) is 10.5 Å². The van der Waals surface area contributed by atoms with Crippen LogP contribution in [0.4, 0.5) is 0 Å². The van der Waals surface area contributed by atoms with E-state index in [1.807, 2.05) is 35.0 Å². The number of thioether (sulfide) groups is 1. The van der Waals surface area contributed by atoms with Crippen LogP contribution in [-0.4, -0.2) is 15.3 Å². The fourth-order valence-corrected chi connectivity index (χ4v) is 2.86. The topological polar surface area (TPSA) is 34.9 Å². The first-order valence-corrected chi connectivity index (χ1v) is 5.51. The fraction of sp³-hybridized carbons (Fsp3) is 0.0909. The summed E-state index contributed by atoms with van der Waals surface area (Å²) in [6, 6.07) is 7.71. The predicted molar refractivity (Wildman–Crippen MR) is 57.9 cm³/mol. The first-order valence-electron chi connectivity index (χ1n) is 4.63. The maximum absolute atomic E-state index is 12.0. The van der Waals surface area contributed by atoms with Gasteiger partial charge < -0.3 is 4.57 Å². The molecule has 0 saturated carbocycles. The van der Waals surface area contributed by atoms with Crippen molar-refractivity contribution in [2.75, 3.05) is 0 Å². The highest BCUT2D eigenvalue weighted by Crippen LogP contribution is 2.42. The number of Topliss-reactive ketones (excluding diaryl/α,β-unsaturated/α-hetero) is 1. The number of rotatable bonds is 1. The van der Waals surface area contributed by atoms with Crippen LogP contribution in [0.25, 0.3) is 0 Å². The van der Waals surface area contributed by atoms with E-state index in [9.17, 15) is 4.79 Å². The standard InChI is InChI=1S/C11H8N2OS/c14-10-8-3-1-2-4-9(8)15-11(10)13-6-5-12-7-13/h1-7,11H. The highest BCUT2D eigenvalue weighted by Gasteiger charge is 2.31. The van der Waals surface area contributed by atoms with Gasteiger partial charge in [-0.15, -0.1) is 0 Å². The zero-order valence-corrected chi connectivity index (χ0v) is 8.65. The number of ketones is 1. The number of benzene rings is 1. The number of hydrogen-bond donors (Lipinski definition) is 0. The van der Waals surface area contributed by atoms with Gasteiger partial charge in [0.15, 0.2) is 5.78 Å². The lowest BCUT2D eigenvalue weighted by molar-refractivity contribution is 0.0970. The number of imidazole rings is 1. The largest absolute Gasteiger partial charge is 0.317 e. The van der Waals surface area contributed by atoms with Crippen LogP contribution < -0.4 is 0 Å². The second kappa shape index (κ2) is 3.24. The van der Waals surface area contributed by atoms with Gasteiger partial charge in [-0.05, 0) is 6.07 Å². The van der Waals surface area contributed by atoms with Gasteiger partial charge in [0.05, 0.1) is 6.33 Å². The van der Waals surface area contributed by atoms with Gasteiger partial charge in [0.2, 0.25) is 0 Å². The monoisotopic (exact) mass is 216 g/mol. The highest BCUT2D eigenvalue weighted by molar-refractivity contribution is 8.00. The molecule has 0 N–H and O–H groups in total. The number of nitrogens with zero attached hydrogens (tertiary/aromatic N) is 2. The van der Waals surface area contributed by atoms with Crippen LogP contribution in [0.3, 0.4) is 0 Å². The molecule has 1 aromatic carbocycles. The molecule has 0 aliphatic carbocycles. The maximum atomic E-state index is 12.0. The Kier molecular flexibility index (Phi) is 1.89. The highest BCUT2D eigenvalue weighted by atomic mass is 32.2. The van der Waals surface area contributed by atoms with E-state index in [1.165, 1.54) is 0 Å². The average Bonchev–Trinajstić information content (AvgIpc) is 2.87. The van der Waals surface area contributed by atoms with E-state index in [-0.39, 0.29) is 11.2 Å². The molecule has 15 heavy (non-hydrogen) atoms. The zero-order valence-electron chi connectivity index (χ0n) is 7.83. The molecule has 1 aliphatic heterocycles. The van der Waals surface area contributed by atoms with Crippen molar-refractivity contribution in [3.63, 3.8) is 0 Å². The molecule has 0 amide bonds. The van der Waals surface area contributed by atoms with Crippen LogP contribution in [0.5, 0.6) is 0 Å². The van der Waals surface area contributed by atoms with Crippen molar-refractivity contribution in [3.8, 4) is 0 Å². The molecule has 1 unspecified atom stereocenters. The number of aromatic nitrogens is 2. The third-order valence-electron chi connectivity index (χ3n) is 2.41. The Balaban J connectivity index is 2.04. The minimum Gasteiger partial charge on any atom is -0.317 e. The lowest BCUT2D eigenvalue weighted by Crippen LogP contribution is -2.09. The summed E-state index contributed by atoms with van der Waals surface area (Å²) in [4.78, 5) is 17.0. The molecular weight excluding hydrogens is 208 g/mol. The van der Waals surface area contributed by atoms with E-state index in [0.29, 0.717) is 0 Å². The molecule has 0 radical (unpaired) electrons. The molecule has 1 aliphatic rings. The minimum atomic E-state index is -0.176. The molecule has 0 spiro atoms. The van der Waals surface area contributed by atoms with Crippen LogP contribution in [0, 0.1) is 0 Å². The third-order valence-corrected chi connectivity index (χ3v) is 3.70. The van der Waals surface area contributed by atoms with Crippen molar-refractivity contribution in [1.29, 1.82) is 0 Å². The summed E-state index contributed by atoms with van der Waals surface area (Å²) >= 11 is 1.58. The summed E-state index contributed by atoms with van der Waals surface area (Å²) in [7, 11) is 0. The van der Waals surface area contributed by atoms with Crippen molar-refractivity contribution < 1.29 is 4.79 Å². The molecule has 0 saturated heterocycles. The lowest BCUT2D eigenvalue weighted by atomic mass is 10.1. The Labute approximate surface area is 91.1 Å². The smallest absolute Gasteiger partial charge is 0.197 e. The molecular formula is C11H8N2OS. The Hall–Kier alpha value is -1.55. The molecule has 0 fully saturated rings. The van der Waals surface area contributed by atoms with Gasteiger partial charge >= 0.3 is 0 Å². The van der Waals surface area contributed by atoms with Gasteiger partial charge in [-0.2, -0.15) is 0 Å². The summed E-state index contributed by atoms with van der Waals surface area (Å²) in [6.07, 6.45) is 5.19. The number of carbonyl (C=O) groups is 1. The van der Waals surface area contributed by atoms with Crippen LogP contribution in [0.1, 0.15) is 15.7 Å². The van der Waals surface area contributed by atoms with E-state index in [2.05, 4.69) is 4.98 Å². The molecule has 4 heteroatoms. The summed E-state index contributed by atoms with van der Waals surface area (Å²) in [6.45, 7) is 0. The van der Waals surface area contributed by atoms with Crippen LogP contribution in [0.15, 0.2) is 47.9 Å². The van der Waals surface area contributed by atoms with E-state index in [4.69, 9.17) is 0 Å². The Morgan fingerprint density at radius 1 is 1.33 bits per heavy atom. The van der Waals surface area contributed by atoms with Gasteiger partial charge in [-0.3, -0.25) is 4.79 Å². The minimum absolute atomic E-state index is 0.161. The molecule has 0 bridgehead atoms. The Morgan fingerprint density at radius 2 is 2.20 bits per heavy atom. The Morgan fingerprint density at radius 3 is 2.93 bits per heavy atom. The summed E-state index contributed by atoms with van der Waals surface area (Å²) < 4.78 is 1.84. The average molecular weight is 216 g/mol. The van der Waals surface area contributed by atoms with Crippen LogP contribution in [0.2, 0.25) is 0 Å². The van der Waals surface area contributed by atoms with Gasteiger partial charge in [0, 0.05) is 22.9 Å². The van der Waals surface area contributed by atoms with Gasteiger partial charge in [0.25, 0.3) is 0 Å². The summed E-state index contributed by atoms with van der Waals surface area (Å²) in [5, 5.41) is -0.176. The van der Waals surface area contributed by atoms with Crippen molar-refractivity contribution in [3.05, 3.63) is 48.5 Å². The fourth-order valence-electron chi connectivity index (χ4n) is 1.68. The van der Waals surface area contributed by atoms with E-state index >= 15 is 0 Å². The van der Waals surface area contributed by atoms with Crippen LogP contribution >= 0.6 is 11.8 Å². The number of carbonyl (C=O) groups excluding carboxylic acids is 1. The van der Waals surface area contributed by atoms with Crippen molar-refractivity contribution in [2.45, 2.75) is 10.3 Å². The van der Waals surface area contributed by atoms with Crippen molar-refractivity contribution >= 4 is 17.5 Å². The third kappa shape index (κ3) is 1.29. The quantitative estimate of drug-likeness (QED) is 0.734. The first-order chi connectivity index (χ1) is 7.36. The van der Waals surface area contributed by atoms with Crippen molar-refractivity contribution in [2.24, 2.45) is 0 Å². The lowest BCUT2D eigenvalue weighted by Gasteiger charge is -2.07. The number of fused-ring (bicyclic) bond motifs is 1. The van der Waals surface area contributed by atoms with Gasteiger partial charge in [-0.1, -0.05) is 30.0 Å². The normalized spacial score (nSPS) is 19.2. The van der Waals surface area contributed by atoms with Gasteiger partial charge in [0.1, 0.15) is 5.37 Å². The Bertz CT molecular complexity index is 507. The maximum Gasteiger partial charge on any atom is 0.197 e. The van der Waals surface area contributed by atoms with E-state index in [1.54, 1.807) is 24.3 Å². The summed E-state index contributed by atoms with van der Waals surface area (Å²) in [5.74, 6) is 0.161. The van der Waals surface area contributed by atoms with Gasteiger partial charge in [-0.25, -0.2) is 4.98 Å². The molecule has 3 rings (SSSR count). The molecule has 74 valence electrons. The number of hydrogen-bond acceptors (Lipinski definition) is 3. The predicted octanol–water partition coefficient (Wildman–Crippen LogP) is 2.37. The molecule has 1 atom stereocenters. The molecule has 2 aromatic rings. The van der Waals surface area contributed by atoms with Crippen molar-refractivity contribution in [1.82, 2.24) is 9.55 Å². The molecule has 1 aromatic heterocycles. The second-order valence-electron chi connectivity index (χ2n) is 3.34. The van der Waals surface area contributed by atoms with Crippen LogP contribution in [-0.2, 0) is 0 Å². The summed E-state index contributed by atoms with van der Waals surface area (Å²) in [5.41, 5.74) is 0.821. The molecule has 2 heterocycles. The zero-order chi connectivity index (χ0) is 10.3. The van der Waals surface area contributed by atoms with E-state index < -0.39 is 0 Å². The molecule has 3 nitrogen and oxygen atoms in total.